The van der Waals surface area contributed by atoms with Crippen molar-refractivity contribution in [2.75, 3.05) is 12.3 Å². The molecule has 0 bridgehead atoms. The van der Waals surface area contributed by atoms with Crippen molar-refractivity contribution in [3.63, 3.8) is 0 Å². The van der Waals surface area contributed by atoms with Crippen LogP contribution in [0.4, 0.5) is 5.95 Å². The number of aromatic nitrogens is 5. The molecule has 0 fully saturated rings. The number of amides is 1. The van der Waals surface area contributed by atoms with Gasteiger partial charge in [-0.15, -0.1) is 11.3 Å². The Labute approximate surface area is 147 Å². The summed E-state index contributed by atoms with van der Waals surface area (Å²) < 4.78 is 3.79. The van der Waals surface area contributed by atoms with Crippen LogP contribution >= 0.6 is 11.3 Å². The molecule has 0 radical (unpaired) electrons. The third-order valence-corrected chi connectivity index (χ3v) is 4.77. The fraction of sp³-hybridized carbons (Fsp3) is 0.250. The quantitative estimate of drug-likeness (QED) is 0.567. The number of pyridine rings is 1. The molecule has 4 heterocycles. The third kappa shape index (κ3) is 2.82. The first-order valence-electron chi connectivity index (χ1n) is 7.96. The topological polar surface area (TPSA) is 103 Å². The number of nitrogens with one attached hydrogen (secondary N) is 1. The van der Waals surface area contributed by atoms with E-state index in [9.17, 15) is 4.79 Å². The summed E-state index contributed by atoms with van der Waals surface area (Å²) in [5, 5.41) is 4.88. The summed E-state index contributed by atoms with van der Waals surface area (Å²) >= 11 is 1.59. The molecule has 1 amide bonds. The van der Waals surface area contributed by atoms with Crippen LogP contribution in [0.5, 0.6) is 0 Å². The minimum Gasteiger partial charge on any atom is -0.369 e. The number of nitrogen functional groups attached to an aromatic ring is 1. The van der Waals surface area contributed by atoms with Gasteiger partial charge in [0.25, 0.3) is 5.91 Å². The van der Waals surface area contributed by atoms with Crippen LogP contribution in [0.3, 0.4) is 0 Å². The first-order valence-corrected chi connectivity index (χ1v) is 8.84. The maximum Gasteiger partial charge on any atom is 0.252 e. The number of nitrogens with two attached hydrogens (primary N) is 1. The van der Waals surface area contributed by atoms with Gasteiger partial charge in [-0.1, -0.05) is 0 Å². The van der Waals surface area contributed by atoms with Crippen molar-refractivity contribution in [1.29, 1.82) is 0 Å². The van der Waals surface area contributed by atoms with Crippen LogP contribution in [0.2, 0.25) is 0 Å². The first-order chi connectivity index (χ1) is 12.2. The Morgan fingerprint density at radius 2 is 2.28 bits per heavy atom. The van der Waals surface area contributed by atoms with Crippen LogP contribution in [0.25, 0.3) is 16.1 Å². The fourth-order valence-corrected chi connectivity index (χ4v) is 3.49. The molecule has 9 heteroatoms. The van der Waals surface area contributed by atoms with E-state index in [1.165, 1.54) is 0 Å². The molecule has 0 aromatic carbocycles. The first kappa shape index (κ1) is 15.6. The number of nitrogens with zero attached hydrogens (tertiary/aromatic N) is 5. The van der Waals surface area contributed by atoms with Gasteiger partial charge < -0.3 is 11.1 Å². The number of thiazole rings is 1. The number of rotatable bonds is 5. The molecule has 25 heavy (non-hydrogen) atoms. The lowest BCUT2D eigenvalue weighted by Gasteiger charge is -2.04. The highest BCUT2D eigenvalue weighted by Gasteiger charge is 2.12. The number of carbonyl (C=O) groups is 1. The average Bonchev–Trinajstić information content (AvgIpc) is 3.25. The zero-order chi connectivity index (χ0) is 17.4. The van der Waals surface area contributed by atoms with Crippen LogP contribution in [0, 0.1) is 0 Å². The molecule has 0 saturated heterocycles. The van der Waals surface area contributed by atoms with Crippen molar-refractivity contribution in [3.8, 4) is 0 Å². The predicted octanol–water partition coefficient (Wildman–Crippen LogP) is 1.72. The van der Waals surface area contributed by atoms with Crippen molar-refractivity contribution in [3.05, 3.63) is 41.3 Å². The van der Waals surface area contributed by atoms with Crippen LogP contribution < -0.4 is 11.1 Å². The van der Waals surface area contributed by atoms with Crippen molar-refractivity contribution >= 4 is 39.3 Å². The Morgan fingerprint density at radius 3 is 3.08 bits per heavy atom. The summed E-state index contributed by atoms with van der Waals surface area (Å²) in [6.07, 6.45) is 6.17. The zero-order valence-electron chi connectivity index (χ0n) is 13.6. The lowest BCUT2D eigenvalue weighted by atomic mass is 10.2. The van der Waals surface area contributed by atoms with Gasteiger partial charge in [-0.3, -0.25) is 13.8 Å². The van der Waals surface area contributed by atoms with E-state index < -0.39 is 0 Å². The van der Waals surface area contributed by atoms with E-state index >= 15 is 0 Å². The number of fused-ring (bicyclic) bond motifs is 2. The highest BCUT2D eigenvalue weighted by Crippen LogP contribution is 2.16. The summed E-state index contributed by atoms with van der Waals surface area (Å²) in [7, 11) is 0. The fourth-order valence-electron chi connectivity index (χ4n) is 2.77. The van der Waals surface area contributed by atoms with Gasteiger partial charge in [-0.05, 0) is 13.0 Å². The molecule has 4 aromatic heterocycles. The van der Waals surface area contributed by atoms with Crippen LogP contribution in [-0.2, 0) is 13.0 Å². The van der Waals surface area contributed by atoms with E-state index in [-0.39, 0.29) is 5.91 Å². The van der Waals surface area contributed by atoms with Crippen LogP contribution in [0.15, 0.2) is 30.0 Å². The summed E-state index contributed by atoms with van der Waals surface area (Å²) in [4.78, 5) is 26.4. The molecule has 0 saturated carbocycles. The number of hydrogen-bond donors (Lipinski definition) is 2. The van der Waals surface area contributed by atoms with Gasteiger partial charge in [-0.25, -0.2) is 15.0 Å². The van der Waals surface area contributed by atoms with Crippen molar-refractivity contribution in [2.24, 2.45) is 0 Å². The van der Waals surface area contributed by atoms with E-state index in [1.54, 1.807) is 28.2 Å². The van der Waals surface area contributed by atoms with Gasteiger partial charge in [0, 0.05) is 43.5 Å². The maximum absolute atomic E-state index is 12.3. The lowest BCUT2D eigenvalue weighted by Crippen LogP contribution is -2.25. The largest absolute Gasteiger partial charge is 0.369 e. The van der Waals surface area contributed by atoms with Gasteiger partial charge in [0.15, 0.2) is 10.6 Å². The molecule has 0 atom stereocenters. The van der Waals surface area contributed by atoms with Crippen LogP contribution in [0.1, 0.15) is 23.0 Å². The maximum atomic E-state index is 12.3. The van der Waals surface area contributed by atoms with E-state index in [4.69, 9.17) is 5.73 Å². The summed E-state index contributed by atoms with van der Waals surface area (Å²) in [5.41, 5.74) is 8.60. The van der Waals surface area contributed by atoms with Crippen molar-refractivity contribution < 1.29 is 4.79 Å². The molecule has 4 rings (SSSR count). The van der Waals surface area contributed by atoms with Gasteiger partial charge in [0.2, 0.25) is 5.95 Å². The van der Waals surface area contributed by atoms with E-state index in [2.05, 4.69) is 20.3 Å². The van der Waals surface area contributed by atoms with E-state index in [0.717, 1.165) is 10.7 Å². The van der Waals surface area contributed by atoms with Crippen LogP contribution in [-0.4, -0.2) is 36.4 Å². The Morgan fingerprint density at radius 1 is 1.40 bits per heavy atom. The van der Waals surface area contributed by atoms with Gasteiger partial charge in [0.1, 0.15) is 5.52 Å². The number of aryl methyl sites for hydroxylation is 1. The Hall–Kier alpha value is -2.94. The second-order valence-corrected chi connectivity index (χ2v) is 6.48. The summed E-state index contributed by atoms with van der Waals surface area (Å²) in [5.74, 6) is 0.224. The Bertz CT molecular complexity index is 1030. The lowest BCUT2D eigenvalue weighted by molar-refractivity contribution is 0.0954. The molecular weight excluding hydrogens is 338 g/mol. The minimum atomic E-state index is -0.181. The van der Waals surface area contributed by atoms with Gasteiger partial charge in [0.05, 0.1) is 11.3 Å². The second-order valence-electron chi connectivity index (χ2n) is 5.61. The van der Waals surface area contributed by atoms with E-state index in [1.807, 2.05) is 29.1 Å². The molecule has 0 aliphatic carbocycles. The predicted molar refractivity (Wildman–Crippen MR) is 96.7 cm³/mol. The van der Waals surface area contributed by atoms with E-state index in [0.29, 0.717) is 42.2 Å². The van der Waals surface area contributed by atoms with Gasteiger partial charge in [-0.2, -0.15) is 0 Å². The summed E-state index contributed by atoms with van der Waals surface area (Å²) in [6.45, 7) is 3.16. The van der Waals surface area contributed by atoms with Crippen molar-refractivity contribution in [1.82, 2.24) is 29.2 Å². The number of carbonyl (C=O) groups excluding carboxylic acids is 1. The molecule has 128 valence electrons. The molecule has 0 unspecified atom stereocenters. The highest BCUT2D eigenvalue weighted by molar-refractivity contribution is 7.15. The monoisotopic (exact) mass is 355 g/mol. The normalized spacial score (nSPS) is 11.4. The molecule has 3 N–H and O–H groups in total. The molecule has 0 aliphatic rings. The molecular formula is C16H17N7OS. The number of anilines is 1. The number of imidazole rings is 2. The molecule has 4 aromatic rings. The highest BCUT2D eigenvalue weighted by atomic mass is 32.1. The standard InChI is InChI=1S/C16H17N7OS/c1-2-23-13-12(21-15(23)17)7-10(8-19-13)14(24)18-4-3-11-9-22-5-6-25-16(22)20-11/h5-9H,2-4H2,1H3,(H2,17,21)(H,18,24). The average molecular weight is 355 g/mol. The molecule has 0 spiro atoms. The van der Waals surface area contributed by atoms with Crippen molar-refractivity contribution in [2.45, 2.75) is 19.9 Å². The van der Waals surface area contributed by atoms with Gasteiger partial charge >= 0.3 is 0 Å². The Kier molecular flexibility index (Phi) is 3.85. The Balaban J connectivity index is 1.43. The summed E-state index contributed by atoms with van der Waals surface area (Å²) in [6, 6.07) is 1.72. The SMILES string of the molecule is CCn1c(N)nc2cc(C(=O)NCCc3cn4ccsc4n3)cnc21. The minimum absolute atomic E-state index is 0.181. The molecule has 0 aliphatic heterocycles. The zero-order valence-corrected chi connectivity index (χ0v) is 14.5. The second kappa shape index (κ2) is 6.17. The number of hydrogen-bond acceptors (Lipinski definition) is 6. The molecule has 8 nitrogen and oxygen atoms in total. The smallest absolute Gasteiger partial charge is 0.252 e. The third-order valence-electron chi connectivity index (χ3n) is 4.00.